The Balaban J connectivity index is 2.56. The summed E-state index contributed by atoms with van der Waals surface area (Å²) in [5, 5.41) is 12.2. The van der Waals surface area contributed by atoms with E-state index < -0.39 is 5.63 Å². The highest BCUT2D eigenvalue weighted by molar-refractivity contribution is 5.97. The first-order chi connectivity index (χ1) is 7.74. The molecule has 0 aliphatic heterocycles. The van der Waals surface area contributed by atoms with Gasteiger partial charge in [-0.3, -0.25) is 0 Å². The predicted molar refractivity (Wildman–Crippen MR) is 61.7 cm³/mol. The minimum atomic E-state index is -0.541. The summed E-state index contributed by atoms with van der Waals surface area (Å²) in [5.74, 6) is -0.0444. The van der Waals surface area contributed by atoms with Gasteiger partial charge < -0.3 is 9.52 Å². The van der Waals surface area contributed by atoms with Crippen molar-refractivity contribution < 1.29 is 9.52 Å². The average Bonchev–Trinajstić information content (AvgIpc) is 2.27. The lowest BCUT2D eigenvalue weighted by Gasteiger charge is -2.02. The van der Waals surface area contributed by atoms with Crippen LogP contribution in [-0.2, 0) is 0 Å². The van der Waals surface area contributed by atoms with E-state index in [4.69, 9.17) is 4.42 Å². The third-order valence-corrected chi connectivity index (χ3v) is 2.59. The van der Waals surface area contributed by atoms with E-state index in [0.29, 0.717) is 11.0 Å². The molecule has 3 heteroatoms. The van der Waals surface area contributed by atoms with Gasteiger partial charge in [0.05, 0.1) is 11.5 Å². The fourth-order valence-electron chi connectivity index (χ4n) is 1.83. The summed E-state index contributed by atoms with van der Waals surface area (Å²) in [4.78, 5) is 11.1. The van der Waals surface area contributed by atoms with Crippen LogP contribution in [0.4, 0.5) is 0 Å². The Labute approximate surface area is 90.6 Å². The van der Waals surface area contributed by atoms with E-state index in [1.165, 1.54) is 0 Å². The fourth-order valence-corrected chi connectivity index (χ4v) is 1.83. The monoisotopic (exact) mass is 212 g/mol. The number of aromatic hydroxyl groups is 1. The molecule has 0 aliphatic carbocycles. The summed E-state index contributed by atoms with van der Waals surface area (Å²) < 4.78 is 5.04. The molecule has 0 bridgehead atoms. The summed E-state index contributed by atoms with van der Waals surface area (Å²) in [6, 6.07) is 12.4. The largest absolute Gasteiger partial charge is 0.507 e. The third kappa shape index (κ3) is 1.26. The first-order valence-electron chi connectivity index (χ1n) is 4.90. The van der Waals surface area contributed by atoms with E-state index in [1.54, 1.807) is 6.07 Å². The van der Waals surface area contributed by atoms with Crippen LogP contribution in [0.3, 0.4) is 0 Å². The van der Waals surface area contributed by atoms with Crippen LogP contribution in [-0.4, -0.2) is 5.11 Å². The molecule has 3 nitrogen and oxygen atoms in total. The summed E-state index contributed by atoms with van der Waals surface area (Å²) in [6.45, 7) is 0. The Morgan fingerprint density at radius 2 is 1.69 bits per heavy atom. The average molecular weight is 212 g/mol. The zero-order valence-corrected chi connectivity index (χ0v) is 8.31. The molecule has 0 saturated heterocycles. The lowest BCUT2D eigenvalue weighted by molar-refractivity contribution is 0.468. The van der Waals surface area contributed by atoms with E-state index >= 15 is 0 Å². The quantitative estimate of drug-likeness (QED) is 0.460. The van der Waals surface area contributed by atoms with Gasteiger partial charge in [-0.25, -0.2) is 4.79 Å². The van der Waals surface area contributed by atoms with Crippen molar-refractivity contribution in [3.8, 4) is 5.75 Å². The predicted octanol–water partition coefficient (Wildman–Crippen LogP) is 2.65. The molecular formula is C13H8O3. The van der Waals surface area contributed by atoms with Crippen molar-refractivity contribution in [3.05, 3.63) is 52.9 Å². The molecule has 2 aromatic carbocycles. The van der Waals surface area contributed by atoms with Gasteiger partial charge in [-0.2, -0.15) is 0 Å². The van der Waals surface area contributed by atoms with Crippen LogP contribution in [0.25, 0.3) is 21.7 Å². The van der Waals surface area contributed by atoms with Gasteiger partial charge in [-0.1, -0.05) is 24.3 Å². The Morgan fingerprint density at radius 3 is 2.44 bits per heavy atom. The molecule has 0 radical (unpaired) electrons. The van der Waals surface area contributed by atoms with E-state index in [1.807, 2.05) is 30.3 Å². The van der Waals surface area contributed by atoms with E-state index in [9.17, 15) is 9.90 Å². The molecule has 3 rings (SSSR count). The molecule has 0 amide bonds. The van der Waals surface area contributed by atoms with E-state index in [2.05, 4.69) is 0 Å². The fraction of sp³-hybridized carbons (Fsp3) is 0. The van der Waals surface area contributed by atoms with Crippen molar-refractivity contribution in [1.82, 2.24) is 0 Å². The van der Waals surface area contributed by atoms with Crippen molar-refractivity contribution in [1.29, 1.82) is 0 Å². The van der Waals surface area contributed by atoms with Crippen molar-refractivity contribution in [2.75, 3.05) is 0 Å². The number of hydrogen-bond donors (Lipinski definition) is 1. The molecule has 16 heavy (non-hydrogen) atoms. The molecule has 0 saturated carbocycles. The zero-order chi connectivity index (χ0) is 11.1. The maximum Gasteiger partial charge on any atom is 0.339 e. The van der Waals surface area contributed by atoms with Crippen molar-refractivity contribution in [3.63, 3.8) is 0 Å². The van der Waals surface area contributed by atoms with Gasteiger partial charge in [0.15, 0.2) is 0 Å². The van der Waals surface area contributed by atoms with E-state index in [-0.39, 0.29) is 5.75 Å². The second-order valence-corrected chi connectivity index (χ2v) is 3.65. The highest BCUT2D eigenvalue weighted by atomic mass is 16.4. The van der Waals surface area contributed by atoms with Crippen molar-refractivity contribution in [2.24, 2.45) is 0 Å². The summed E-state index contributed by atoms with van der Waals surface area (Å²) in [7, 11) is 0. The van der Waals surface area contributed by atoms with Gasteiger partial charge in [-0.15, -0.1) is 0 Å². The number of fused-ring (bicyclic) bond motifs is 2. The minimum absolute atomic E-state index is 0.0444. The molecule has 0 spiro atoms. The van der Waals surface area contributed by atoms with Crippen LogP contribution >= 0.6 is 0 Å². The lowest BCUT2D eigenvalue weighted by atomic mass is 10.1. The first-order valence-corrected chi connectivity index (χ1v) is 4.90. The molecular weight excluding hydrogens is 204 g/mol. The van der Waals surface area contributed by atoms with E-state index in [0.717, 1.165) is 16.8 Å². The first kappa shape index (κ1) is 8.97. The molecule has 0 unspecified atom stereocenters. The Hall–Kier alpha value is -2.29. The third-order valence-electron chi connectivity index (χ3n) is 2.59. The van der Waals surface area contributed by atoms with Crippen LogP contribution in [0.5, 0.6) is 5.75 Å². The molecule has 1 N–H and O–H groups in total. The van der Waals surface area contributed by atoms with Gasteiger partial charge in [0.25, 0.3) is 0 Å². The zero-order valence-electron chi connectivity index (χ0n) is 8.31. The molecule has 78 valence electrons. The normalized spacial score (nSPS) is 11.0. The summed E-state index contributed by atoms with van der Waals surface area (Å²) in [5.41, 5.74) is -0.135. The van der Waals surface area contributed by atoms with Crippen LogP contribution in [0.2, 0.25) is 0 Å². The highest BCUT2D eigenvalue weighted by Gasteiger charge is 2.05. The van der Waals surface area contributed by atoms with Crippen LogP contribution in [0, 0.1) is 0 Å². The minimum Gasteiger partial charge on any atom is -0.507 e. The molecule has 1 heterocycles. The second kappa shape index (κ2) is 3.10. The maximum absolute atomic E-state index is 11.1. The van der Waals surface area contributed by atoms with Gasteiger partial charge in [0, 0.05) is 0 Å². The Bertz CT molecular complexity index is 741. The summed E-state index contributed by atoms with van der Waals surface area (Å²) in [6.07, 6.45) is 0. The lowest BCUT2D eigenvalue weighted by Crippen LogP contribution is -1.95. The smallest absolute Gasteiger partial charge is 0.339 e. The molecule has 0 aliphatic rings. The molecule has 0 atom stereocenters. The van der Waals surface area contributed by atoms with Crippen molar-refractivity contribution in [2.45, 2.75) is 0 Å². The van der Waals surface area contributed by atoms with Crippen LogP contribution in [0.15, 0.2) is 51.7 Å². The number of benzene rings is 2. The number of rotatable bonds is 0. The standard InChI is InChI=1S/C13H8O3/c14-11-7-13(15)16-12-6-9-4-2-1-3-8(9)5-10(11)12/h1-7,14H. The van der Waals surface area contributed by atoms with Gasteiger partial charge in [0.1, 0.15) is 11.3 Å². The molecule has 1 aromatic heterocycles. The topological polar surface area (TPSA) is 50.4 Å². The number of hydrogen-bond acceptors (Lipinski definition) is 3. The maximum atomic E-state index is 11.1. The Morgan fingerprint density at radius 1 is 1.00 bits per heavy atom. The van der Waals surface area contributed by atoms with Crippen LogP contribution < -0.4 is 5.63 Å². The van der Waals surface area contributed by atoms with Gasteiger partial charge in [-0.05, 0) is 22.9 Å². The van der Waals surface area contributed by atoms with Crippen LogP contribution in [0.1, 0.15) is 0 Å². The van der Waals surface area contributed by atoms with Gasteiger partial charge in [0.2, 0.25) is 0 Å². The SMILES string of the molecule is O=c1cc(O)c2cc3ccccc3cc2o1. The van der Waals surface area contributed by atoms with Crippen molar-refractivity contribution >= 4 is 21.7 Å². The highest BCUT2D eigenvalue weighted by Crippen LogP contribution is 2.27. The van der Waals surface area contributed by atoms with Gasteiger partial charge >= 0.3 is 5.63 Å². The second-order valence-electron chi connectivity index (χ2n) is 3.65. The summed E-state index contributed by atoms with van der Waals surface area (Å²) >= 11 is 0. The molecule has 0 fully saturated rings. The molecule has 3 aromatic rings. The Kier molecular flexibility index (Phi) is 1.74.